The monoisotopic (exact) mass is 345 g/mol. The molecule has 0 aliphatic rings. The van der Waals surface area contributed by atoms with Crippen LogP contribution in [-0.2, 0) is 6.42 Å². The molecule has 1 amide bonds. The first-order valence-corrected chi connectivity index (χ1v) is 7.57. The Labute approximate surface area is 134 Å². The van der Waals surface area contributed by atoms with Crippen molar-refractivity contribution in [1.82, 2.24) is 15.3 Å². The van der Waals surface area contributed by atoms with Gasteiger partial charge in [0.05, 0.1) is 10.7 Å². The van der Waals surface area contributed by atoms with Crippen LogP contribution in [0.1, 0.15) is 21.1 Å². The third kappa shape index (κ3) is 5.51. The highest BCUT2D eigenvalue weighted by molar-refractivity contribution is 7.09. The second-order valence-electron chi connectivity index (χ2n) is 4.62. The van der Waals surface area contributed by atoms with Crippen LogP contribution >= 0.6 is 11.3 Å². The minimum absolute atomic E-state index is 0.0359. The van der Waals surface area contributed by atoms with Crippen LogP contribution in [0, 0.1) is 6.92 Å². The lowest BCUT2D eigenvalue weighted by Crippen LogP contribution is -2.27. The molecule has 2 rings (SSSR count). The average molecular weight is 345 g/mol. The van der Waals surface area contributed by atoms with E-state index in [1.807, 2.05) is 12.3 Å². The van der Waals surface area contributed by atoms with Crippen LogP contribution in [0.25, 0.3) is 0 Å². The van der Waals surface area contributed by atoms with Crippen LogP contribution in [0.4, 0.5) is 13.2 Å². The molecule has 23 heavy (non-hydrogen) atoms. The molecule has 0 fully saturated rings. The van der Waals surface area contributed by atoms with E-state index >= 15 is 0 Å². The zero-order valence-corrected chi connectivity index (χ0v) is 13.0. The summed E-state index contributed by atoms with van der Waals surface area (Å²) in [5.74, 6) is -0.881. The van der Waals surface area contributed by atoms with Crippen LogP contribution < -0.4 is 10.1 Å². The smallest absolute Gasteiger partial charge is 0.422 e. The first-order chi connectivity index (χ1) is 10.8. The maximum Gasteiger partial charge on any atom is 0.422 e. The quantitative estimate of drug-likeness (QED) is 0.874. The van der Waals surface area contributed by atoms with E-state index in [-0.39, 0.29) is 11.4 Å². The molecule has 5 nitrogen and oxygen atoms in total. The first-order valence-electron chi connectivity index (χ1n) is 6.69. The lowest BCUT2D eigenvalue weighted by molar-refractivity contribution is -0.154. The third-order valence-corrected chi connectivity index (χ3v) is 3.54. The molecule has 9 heteroatoms. The Bertz CT molecular complexity index is 673. The Morgan fingerprint density at radius 2 is 2.22 bits per heavy atom. The number of carbonyl (C=O) groups excluding carboxylic acids is 1. The van der Waals surface area contributed by atoms with E-state index in [4.69, 9.17) is 0 Å². The second kappa shape index (κ2) is 7.40. The molecule has 2 aromatic rings. The highest BCUT2D eigenvalue weighted by Crippen LogP contribution is 2.19. The molecule has 0 radical (unpaired) electrons. The maximum absolute atomic E-state index is 12.2. The molecule has 0 unspecified atom stereocenters. The van der Waals surface area contributed by atoms with Gasteiger partial charge in [-0.05, 0) is 19.1 Å². The molecule has 0 saturated carbocycles. The molecule has 0 aromatic carbocycles. The standard InChI is InChI=1S/C14H14F3N3O2S/c1-9-20-10(7-23-9)4-6-18-12(21)11-3-2-5-19-13(11)22-8-14(15,16)17/h2-3,5,7H,4,6,8H2,1H3,(H,18,21). The summed E-state index contributed by atoms with van der Waals surface area (Å²) in [6.45, 7) is 0.699. The lowest BCUT2D eigenvalue weighted by Gasteiger charge is -2.11. The van der Waals surface area contributed by atoms with E-state index in [1.165, 1.54) is 29.7 Å². The number of halogens is 3. The van der Waals surface area contributed by atoms with Gasteiger partial charge in [-0.15, -0.1) is 11.3 Å². The zero-order chi connectivity index (χ0) is 16.9. The maximum atomic E-state index is 12.2. The molecule has 0 atom stereocenters. The van der Waals surface area contributed by atoms with Crippen molar-refractivity contribution in [3.8, 4) is 5.88 Å². The van der Waals surface area contributed by atoms with Gasteiger partial charge in [0.15, 0.2) is 6.61 Å². The minimum Gasteiger partial charge on any atom is -0.467 e. The zero-order valence-electron chi connectivity index (χ0n) is 12.2. The predicted octanol–water partition coefficient (Wildman–Crippen LogP) is 2.76. The summed E-state index contributed by atoms with van der Waals surface area (Å²) < 4.78 is 41.2. The van der Waals surface area contributed by atoms with Crippen molar-refractivity contribution >= 4 is 17.2 Å². The van der Waals surface area contributed by atoms with E-state index in [1.54, 1.807) is 0 Å². The lowest BCUT2D eigenvalue weighted by atomic mass is 10.2. The fourth-order valence-corrected chi connectivity index (χ4v) is 2.40. The van der Waals surface area contributed by atoms with E-state index in [2.05, 4.69) is 20.0 Å². The average Bonchev–Trinajstić information content (AvgIpc) is 2.90. The summed E-state index contributed by atoms with van der Waals surface area (Å²) in [4.78, 5) is 20.0. The second-order valence-corrected chi connectivity index (χ2v) is 5.69. The molecule has 0 spiro atoms. The number of hydrogen-bond acceptors (Lipinski definition) is 5. The van der Waals surface area contributed by atoms with E-state index in [0.717, 1.165) is 10.7 Å². The van der Waals surface area contributed by atoms with E-state index in [0.29, 0.717) is 13.0 Å². The van der Waals surface area contributed by atoms with Gasteiger partial charge in [-0.3, -0.25) is 4.79 Å². The van der Waals surface area contributed by atoms with Gasteiger partial charge in [-0.25, -0.2) is 9.97 Å². The van der Waals surface area contributed by atoms with Crippen molar-refractivity contribution in [3.63, 3.8) is 0 Å². The topological polar surface area (TPSA) is 64.1 Å². The normalized spacial score (nSPS) is 11.3. The van der Waals surface area contributed by atoms with Crippen molar-refractivity contribution in [1.29, 1.82) is 0 Å². The first kappa shape index (κ1) is 17.2. The number of ether oxygens (including phenoxy) is 1. The fourth-order valence-electron chi connectivity index (χ4n) is 1.75. The Kier molecular flexibility index (Phi) is 5.54. The highest BCUT2D eigenvalue weighted by Gasteiger charge is 2.29. The number of carbonyl (C=O) groups is 1. The number of hydrogen-bond donors (Lipinski definition) is 1. The van der Waals surface area contributed by atoms with Crippen molar-refractivity contribution in [2.75, 3.05) is 13.2 Å². The van der Waals surface area contributed by atoms with Crippen LogP contribution in [0.5, 0.6) is 5.88 Å². The van der Waals surface area contributed by atoms with Crippen molar-refractivity contribution in [2.45, 2.75) is 19.5 Å². The summed E-state index contributed by atoms with van der Waals surface area (Å²) in [5.41, 5.74) is 0.818. The van der Waals surface area contributed by atoms with Crippen molar-refractivity contribution < 1.29 is 22.7 Å². The largest absolute Gasteiger partial charge is 0.467 e. The summed E-state index contributed by atoms with van der Waals surface area (Å²) in [5, 5.41) is 5.44. The number of aromatic nitrogens is 2. The van der Waals surface area contributed by atoms with Gasteiger partial charge in [0.1, 0.15) is 5.56 Å². The Morgan fingerprint density at radius 3 is 2.87 bits per heavy atom. The summed E-state index contributed by atoms with van der Waals surface area (Å²) in [6, 6.07) is 2.82. The molecule has 0 bridgehead atoms. The molecule has 0 saturated heterocycles. The van der Waals surface area contributed by atoms with Gasteiger partial charge in [0, 0.05) is 24.5 Å². The third-order valence-electron chi connectivity index (χ3n) is 2.72. The summed E-state index contributed by atoms with van der Waals surface area (Å²) in [6.07, 6.45) is -2.69. The molecular weight excluding hydrogens is 331 g/mol. The highest BCUT2D eigenvalue weighted by atomic mass is 32.1. The number of pyridine rings is 1. The van der Waals surface area contributed by atoms with Crippen LogP contribution in [0.15, 0.2) is 23.7 Å². The molecule has 0 aliphatic carbocycles. The van der Waals surface area contributed by atoms with Crippen LogP contribution in [0.3, 0.4) is 0 Å². The predicted molar refractivity (Wildman–Crippen MR) is 78.7 cm³/mol. The van der Waals surface area contributed by atoms with Gasteiger partial charge in [-0.2, -0.15) is 13.2 Å². The van der Waals surface area contributed by atoms with Crippen LogP contribution in [0.2, 0.25) is 0 Å². The molecule has 2 heterocycles. The van der Waals surface area contributed by atoms with Gasteiger partial charge in [-0.1, -0.05) is 0 Å². The Hall–Kier alpha value is -2.16. The van der Waals surface area contributed by atoms with E-state index in [9.17, 15) is 18.0 Å². The Morgan fingerprint density at radius 1 is 1.43 bits per heavy atom. The number of alkyl halides is 3. The molecular formula is C14H14F3N3O2S. The number of nitrogens with zero attached hydrogens (tertiary/aromatic N) is 2. The van der Waals surface area contributed by atoms with Gasteiger partial charge < -0.3 is 10.1 Å². The van der Waals surface area contributed by atoms with Gasteiger partial charge in [0.25, 0.3) is 5.91 Å². The van der Waals surface area contributed by atoms with E-state index < -0.39 is 18.7 Å². The molecule has 124 valence electrons. The molecule has 2 aromatic heterocycles. The van der Waals surface area contributed by atoms with Gasteiger partial charge in [0.2, 0.25) is 5.88 Å². The number of thiazole rings is 1. The fraction of sp³-hybridized carbons (Fsp3) is 0.357. The Balaban J connectivity index is 1.93. The minimum atomic E-state index is -4.49. The van der Waals surface area contributed by atoms with Crippen molar-refractivity contribution in [2.24, 2.45) is 0 Å². The molecule has 0 aliphatic heterocycles. The van der Waals surface area contributed by atoms with Crippen LogP contribution in [-0.4, -0.2) is 35.2 Å². The number of amides is 1. The molecule has 1 N–H and O–H groups in total. The summed E-state index contributed by atoms with van der Waals surface area (Å²) >= 11 is 1.51. The SMILES string of the molecule is Cc1nc(CCNC(=O)c2cccnc2OCC(F)(F)F)cs1. The summed E-state index contributed by atoms with van der Waals surface area (Å²) in [7, 11) is 0. The number of rotatable bonds is 6. The number of aryl methyl sites for hydroxylation is 1. The van der Waals surface area contributed by atoms with Crippen molar-refractivity contribution in [3.05, 3.63) is 40.0 Å². The van der Waals surface area contributed by atoms with Gasteiger partial charge >= 0.3 is 6.18 Å². The number of nitrogens with one attached hydrogen (secondary N) is 1.